The molecule has 0 aliphatic rings. The quantitative estimate of drug-likeness (QED) is 0.587. The molecule has 4 N–H and O–H groups in total. The van der Waals surface area contributed by atoms with Crippen molar-refractivity contribution in [3.63, 3.8) is 0 Å². The lowest BCUT2D eigenvalue weighted by atomic mass is 10.1. The van der Waals surface area contributed by atoms with Gasteiger partial charge in [0.1, 0.15) is 6.04 Å². The predicted octanol–water partition coefficient (Wildman–Crippen LogP) is 1.79. The van der Waals surface area contributed by atoms with E-state index in [0.717, 1.165) is 18.4 Å². The first kappa shape index (κ1) is 19.5. The Bertz CT molecular complexity index is 427. The highest BCUT2D eigenvalue weighted by atomic mass is 31.1. The Labute approximate surface area is 127 Å². The molecule has 0 aliphatic heterocycles. The van der Waals surface area contributed by atoms with Gasteiger partial charge in [-0.15, -0.1) is 0 Å². The number of aryl methyl sites for hydroxylation is 1. The third kappa shape index (κ3) is 9.13. The largest absolute Gasteiger partial charge is 0.542 e. The van der Waals surface area contributed by atoms with Crippen molar-refractivity contribution >= 4 is 14.7 Å². The van der Waals surface area contributed by atoms with Gasteiger partial charge in [0.2, 0.25) is 0 Å². The van der Waals surface area contributed by atoms with Crippen molar-refractivity contribution in [3.8, 4) is 5.75 Å². The predicted molar refractivity (Wildman–Crippen MR) is 83.7 cm³/mol. The van der Waals surface area contributed by atoms with E-state index in [9.17, 15) is 9.36 Å². The van der Waals surface area contributed by atoms with Gasteiger partial charge in [-0.3, -0.25) is 9.32 Å². The van der Waals surface area contributed by atoms with E-state index < -0.39 is 14.7 Å². The van der Waals surface area contributed by atoms with E-state index >= 15 is 0 Å². The minimum absolute atomic E-state index is 0.340. The molecule has 0 saturated carbocycles. The summed E-state index contributed by atoms with van der Waals surface area (Å²) in [6.07, 6.45) is 1.79. The molecular formula is C14H24N2O4P+. The van der Waals surface area contributed by atoms with Crippen molar-refractivity contribution in [1.29, 1.82) is 0 Å². The number of para-hydroxylation sites is 1. The number of nitrogens with two attached hydrogens (primary N) is 2. The van der Waals surface area contributed by atoms with Crippen LogP contribution in [0.2, 0.25) is 0 Å². The molecular weight excluding hydrogens is 291 g/mol. The Morgan fingerprint density at radius 2 is 2.05 bits per heavy atom. The number of esters is 1. The van der Waals surface area contributed by atoms with Crippen LogP contribution in [-0.4, -0.2) is 25.2 Å². The highest BCUT2D eigenvalue weighted by molar-refractivity contribution is 7.17. The lowest BCUT2D eigenvalue weighted by molar-refractivity contribution is -0.144. The molecule has 0 heterocycles. The van der Waals surface area contributed by atoms with Crippen LogP contribution in [0.4, 0.5) is 0 Å². The number of ether oxygens (including phenoxy) is 1. The SMILES string of the molecule is CCOC(=O)[C@H](C)N.NCCCc1ccccc1O[PH+]=O. The summed E-state index contributed by atoms with van der Waals surface area (Å²) in [5, 5.41) is 0. The van der Waals surface area contributed by atoms with Crippen molar-refractivity contribution in [1.82, 2.24) is 0 Å². The Morgan fingerprint density at radius 1 is 1.38 bits per heavy atom. The van der Waals surface area contributed by atoms with Crippen LogP contribution in [0.15, 0.2) is 24.3 Å². The average molecular weight is 315 g/mol. The highest BCUT2D eigenvalue weighted by Gasteiger charge is 2.06. The molecule has 7 heteroatoms. The van der Waals surface area contributed by atoms with Crippen LogP contribution < -0.4 is 16.0 Å². The molecule has 2 atom stereocenters. The zero-order valence-electron chi connectivity index (χ0n) is 12.5. The molecule has 0 radical (unpaired) electrons. The minimum atomic E-state index is -0.745. The van der Waals surface area contributed by atoms with Crippen LogP contribution in [-0.2, 0) is 20.5 Å². The standard InChI is InChI=1S/C9H13NO2P.C5H11NO2/c10-7-3-5-8-4-1-2-6-9(8)12-13-11;1-3-8-5(7)4(2)6/h1-2,4,6,13H,3,5,7,10H2;4H,3,6H2,1-2H3/q+1;/t;4-/m.0/s1. The molecule has 1 aromatic carbocycles. The molecule has 0 bridgehead atoms. The molecule has 0 aliphatic carbocycles. The maximum atomic E-state index is 10.4. The van der Waals surface area contributed by atoms with E-state index in [1.54, 1.807) is 13.8 Å². The Morgan fingerprint density at radius 3 is 2.52 bits per heavy atom. The van der Waals surface area contributed by atoms with E-state index in [1.807, 2.05) is 24.3 Å². The molecule has 0 amide bonds. The summed E-state index contributed by atoms with van der Waals surface area (Å²) in [6, 6.07) is 7.09. The van der Waals surface area contributed by atoms with Gasteiger partial charge in [-0.2, -0.15) is 0 Å². The molecule has 6 nitrogen and oxygen atoms in total. The van der Waals surface area contributed by atoms with Crippen molar-refractivity contribution in [2.45, 2.75) is 32.7 Å². The summed E-state index contributed by atoms with van der Waals surface area (Å²) in [4.78, 5) is 10.4. The fourth-order valence-electron chi connectivity index (χ4n) is 1.42. The van der Waals surface area contributed by atoms with Gasteiger partial charge in [0, 0.05) is 5.56 Å². The molecule has 1 unspecified atom stereocenters. The Hall–Kier alpha value is -1.49. The summed E-state index contributed by atoms with van der Waals surface area (Å²) in [7, 11) is -0.745. The number of hydrogen-bond acceptors (Lipinski definition) is 6. The molecule has 118 valence electrons. The van der Waals surface area contributed by atoms with Gasteiger partial charge in [0.25, 0.3) is 0 Å². The fraction of sp³-hybridized carbons (Fsp3) is 0.500. The van der Waals surface area contributed by atoms with Crippen LogP contribution in [0.25, 0.3) is 0 Å². The first-order valence-corrected chi connectivity index (χ1v) is 7.62. The number of hydrogen-bond donors (Lipinski definition) is 2. The van der Waals surface area contributed by atoms with Gasteiger partial charge < -0.3 is 16.2 Å². The van der Waals surface area contributed by atoms with Crippen LogP contribution in [0.1, 0.15) is 25.8 Å². The third-order valence-electron chi connectivity index (χ3n) is 2.43. The average Bonchev–Trinajstić information content (AvgIpc) is 2.47. The van der Waals surface area contributed by atoms with Crippen molar-refractivity contribution in [2.24, 2.45) is 11.5 Å². The number of benzene rings is 1. The fourth-order valence-corrected chi connectivity index (χ4v) is 1.71. The zero-order chi connectivity index (χ0) is 16.1. The maximum absolute atomic E-state index is 10.4. The summed E-state index contributed by atoms with van der Waals surface area (Å²) in [6.45, 7) is 4.41. The number of carbonyl (C=O) groups is 1. The second-order valence-electron chi connectivity index (χ2n) is 4.23. The van der Waals surface area contributed by atoms with Gasteiger partial charge in [-0.1, -0.05) is 18.2 Å². The van der Waals surface area contributed by atoms with Crippen LogP contribution >= 0.6 is 8.69 Å². The van der Waals surface area contributed by atoms with Crippen molar-refractivity contribution < 1.29 is 18.6 Å². The van der Waals surface area contributed by atoms with Crippen molar-refractivity contribution in [3.05, 3.63) is 29.8 Å². The number of rotatable bonds is 7. The van der Waals surface area contributed by atoms with Gasteiger partial charge in [-0.25, -0.2) is 0 Å². The zero-order valence-corrected chi connectivity index (χ0v) is 13.5. The minimum Gasteiger partial charge on any atom is -0.465 e. The van der Waals surface area contributed by atoms with Crippen LogP contribution in [0.3, 0.4) is 0 Å². The Balaban J connectivity index is 0.000000433. The molecule has 1 aromatic rings. The molecule has 0 fully saturated rings. The van der Waals surface area contributed by atoms with E-state index in [-0.39, 0.29) is 5.97 Å². The number of carbonyl (C=O) groups excluding carboxylic acids is 1. The third-order valence-corrected chi connectivity index (χ3v) is 2.74. The lowest BCUT2D eigenvalue weighted by Crippen LogP contribution is -2.28. The molecule has 0 aromatic heterocycles. The van der Waals surface area contributed by atoms with E-state index in [4.69, 9.17) is 16.0 Å². The van der Waals surface area contributed by atoms with Gasteiger partial charge in [-0.05, 0) is 43.9 Å². The van der Waals surface area contributed by atoms with Crippen LogP contribution in [0.5, 0.6) is 5.75 Å². The second kappa shape index (κ2) is 12.3. The van der Waals surface area contributed by atoms with E-state index in [0.29, 0.717) is 18.9 Å². The first-order valence-electron chi connectivity index (χ1n) is 6.80. The summed E-state index contributed by atoms with van der Waals surface area (Å²) in [5.41, 5.74) is 11.6. The topological polar surface area (TPSA) is 105 Å². The van der Waals surface area contributed by atoms with Gasteiger partial charge >= 0.3 is 14.7 Å². The van der Waals surface area contributed by atoms with E-state index in [2.05, 4.69) is 4.74 Å². The lowest BCUT2D eigenvalue weighted by Gasteiger charge is -2.02. The molecule has 0 spiro atoms. The summed E-state index contributed by atoms with van der Waals surface area (Å²) < 4.78 is 19.8. The van der Waals surface area contributed by atoms with Crippen LogP contribution in [0, 0.1) is 0 Å². The second-order valence-corrected chi connectivity index (χ2v) is 4.60. The monoisotopic (exact) mass is 315 g/mol. The van der Waals surface area contributed by atoms with E-state index in [1.165, 1.54) is 0 Å². The molecule has 1 rings (SSSR count). The highest BCUT2D eigenvalue weighted by Crippen LogP contribution is 2.22. The van der Waals surface area contributed by atoms with Gasteiger partial charge in [0.05, 0.1) is 6.61 Å². The molecule has 0 saturated heterocycles. The van der Waals surface area contributed by atoms with Crippen molar-refractivity contribution in [2.75, 3.05) is 13.2 Å². The summed E-state index contributed by atoms with van der Waals surface area (Å²) in [5.74, 6) is 0.358. The maximum Gasteiger partial charge on any atom is 0.542 e. The summed E-state index contributed by atoms with van der Waals surface area (Å²) >= 11 is 0. The molecule has 21 heavy (non-hydrogen) atoms. The first-order chi connectivity index (χ1) is 10.1. The van der Waals surface area contributed by atoms with Gasteiger partial charge in [0.15, 0.2) is 5.75 Å². The smallest absolute Gasteiger partial charge is 0.465 e. The Kier molecular flexibility index (Phi) is 11.4. The normalized spacial score (nSPS) is 11.2.